The van der Waals surface area contributed by atoms with Crippen molar-refractivity contribution >= 4 is 22.8 Å². The van der Waals surface area contributed by atoms with Gasteiger partial charge in [0.1, 0.15) is 11.3 Å². The monoisotopic (exact) mass is 294 g/mol. The molecule has 1 aliphatic carbocycles. The number of rotatable bonds is 5. The van der Waals surface area contributed by atoms with Gasteiger partial charge in [-0.3, -0.25) is 4.68 Å². The number of imidazole rings is 1. The van der Waals surface area contributed by atoms with Crippen LogP contribution in [0, 0.1) is 12.8 Å². The molecule has 2 heterocycles. The maximum absolute atomic E-state index is 6.38. The number of halogens is 1. The number of aromatic nitrogens is 4. The second-order valence-electron chi connectivity index (χ2n) is 6.08. The molecule has 0 aromatic carbocycles. The van der Waals surface area contributed by atoms with Crippen molar-refractivity contribution in [2.45, 2.75) is 57.9 Å². The summed E-state index contributed by atoms with van der Waals surface area (Å²) in [6, 6.07) is 0.485. The Hall–Kier alpha value is -1.03. The summed E-state index contributed by atoms with van der Waals surface area (Å²) in [7, 11) is 2.00. The van der Waals surface area contributed by atoms with Gasteiger partial charge in [-0.25, -0.2) is 4.98 Å². The molecular weight excluding hydrogens is 272 g/mol. The van der Waals surface area contributed by atoms with E-state index in [1.807, 2.05) is 25.6 Å². The molecule has 0 N–H and O–H groups in total. The fraction of sp³-hybridized carbons (Fsp3) is 0.733. The fourth-order valence-electron chi connectivity index (χ4n) is 3.15. The van der Waals surface area contributed by atoms with Gasteiger partial charge in [0.25, 0.3) is 0 Å². The number of alkyl halides is 1. The molecule has 1 saturated carbocycles. The molecular formula is C15H23ClN4. The minimum Gasteiger partial charge on any atom is -0.309 e. The molecule has 2 aromatic heterocycles. The van der Waals surface area contributed by atoms with Crippen molar-refractivity contribution in [3.05, 3.63) is 11.5 Å². The van der Waals surface area contributed by atoms with Gasteiger partial charge < -0.3 is 4.57 Å². The summed E-state index contributed by atoms with van der Waals surface area (Å²) in [6.45, 7) is 6.28. The van der Waals surface area contributed by atoms with Gasteiger partial charge in [0.2, 0.25) is 0 Å². The Labute approximate surface area is 125 Å². The highest BCUT2D eigenvalue weighted by Gasteiger charge is 2.30. The van der Waals surface area contributed by atoms with Gasteiger partial charge in [-0.1, -0.05) is 19.8 Å². The summed E-state index contributed by atoms with van der Waals surface area (Å²) in [4.78, 5) is 4.78. The third kappa shape index (κ3) is 2.24. The Morgan fingerprint density at radius 1 is 1.40 bits per heavy atom. The lowest BCUT2D eigenvalue weighted by Gasteiger charge is -2.21. The largest absolute Gasteiger partial charge is 0.309 e. The molecule has 0 amide bonds. The van der Waals surface area contributed by atoms with E-state index < -0.39 is 0 Å². The molecule has 0 aliphatic heterocycles. The fourth-order valence-corrected chi connectivity index (χ4v) is 3.30. The van der Waals surface area contributed by atoms with E-state index in [0.717, 1.165) is 35.0 Å². The third-order valence-corrected chi connectivity index (χ3v) is 4.55. The number of nitrogens with zero attached hydrogens (tertiary/aromatic N) is 4. The zero-order valence-electron chi connectivity index (χ0n) is 12.7. The quantitative estimate of drug-likeness (QED) is 0.777. The lowest BCUT2D eigenvalue weighted by atomic mass is 10.1. The highest BCUT2D eigenvalue weighted by molar-refractivity contribution is 6.20. The number of aryl methyl sites for hydroxylation is 2. The minimum absolute atomic E-state index is 0.0740. The van der Waals surface area contributed by atoms with Gasteiger partial charge in [0, 0.05) is 13.1 Å². The van der Waals surface area contributed by atoms with Crippen molar-refractivity contribution in [3.8, 4) is 0 Å². The summed E-state index contributed by atoms with van der Waals surface area (Å²) < 4.78 is 4.31. The standard InChI is InChI=1S/C15H23ClN4/c1-5-12(8-11-6-7-11)20-14(9(2)16)17-13-10(3)18-19(4)15(13)20/h9,11-12H,5-8H2,1-4H3. The van der Waals surface area contributed by atoms with Crippen LogP contribution in [0.25, 0.3) is 11.2 Å². The molecule has 4 nitrogen and oxygen atoms in total. The summed E-state index contributed by atoms with van der Waals surface area (Å²) in [6.07, 6.45) is 5.11. The first-order valence-corrected chi connectivity index (χ1v) is 8.02. The maximum atomic E-state index is 6.38. The zero-order valence-corrected chi connectivity index (χ0v) is 13.5. The number of fused-ring (bicyclic) bond motifs is 1. The van der Waals surface area contributed by atoms with Crippen LogP contribution in [-0.4, -0.2) is 19.3 Å². The van der Waals surface area contributed by atoms with Crippen molar-refractivity contribution < 1.29 is 0 Å². The second kappa shape index (κ2) is 5.06. The van der Waals surface area contributed by atoms with Crippen molar-refractivity contribution in [2.75, 3.05) is 0 Å². The molecule has 1 fully saturated rings. The van der Waals surface area contributed by atoms with E-state index in [-0.39, 0.29) is 5.38 Å². The van der Waals surface area contributed by atoms with E-state index in [1.54, 1.807) is 0 Å². The topological polar surface area (TPSA) is 35.6 Å². The van der Waals surface area contributed by atoms with E-state index in [9.17, 15) is 0 Å². The molecule has 0 spiro atoms. The van der Waals surface area contributed by atoms with E-state index in [0.29, 0.717) is 6.04 Å². The lowest BCUT2D eigenvalue weighted by Crippen LogP contribution is -2.15. The molecule has 0 radical (unpaired) electrons. The Balaban J connectivity index is 2.15. The average Bonchev–Trinajstić information content (AvgIpc) is 3.04. The molecule has 5 heteroatoms. The first-order chi connectivity index (χ1) is 9.52. The van der Waals surface area contributed by atoms with E-state index >= 15 is 0 Å². The zero-order chi connectivity index (χ0) is 14.4. The van der Waals surface area contributed by atoms with Crippen LogP contribution in [0.3, 0.4) is 0 Å². The van der Waals surface area contributed by atoms with Crippen LogP contribution in [0.2, 0.25) is 0 Å². The summed E-state index contributed by atoms with van der Waals surface area (Å²) in [5, 5.41) is 4.44. The molecule has 2 aromatic rings. The Kier molecular flexibility index (Phi) is 3.53. The average molecular weight is 295 g/mol. The molecule has 0 bridgehead atoms. The first kappa shape index (κ1) is 13.9. The van der Waals surface area contributed by atoms with Gasteiger partial charge in [0.15, 0.2) is 5.65 Å². The van der Waals surface area contributed by atoms with Crippen LogP contribution in [0.4, 0.5) is 0 Å². The molecule has 3 rings (SSSR count). The van der Waals surface area contributed by atoms with Crippen LogP contribution in [0.1, 0.15) is 62.5 Å². The SMILES string of the molecule is CCC(CC1CC1)n1c(C(C)Cl)nc2c(C)nn(C)c21. The van der Waals surface area contributed by atoms with Crippen LogP contribution in [-0.2, 0) is 7.05 Å². The van der Waals surface area contributed by atoms with Gasteiger partial charge in [-0.15, -0.1) is 11.6 Å². The number of hydrogen-bond donors (Lipinski definition) is 0. The van der Waals surface area contributed by atoms with Crippen LogP contribution in [0.5, 0.6) is 0 Å². The van der Waals surface area contributed by atoms with Crippen molar-refractivity contribution in [1.29, 1.82) is 0 Å². The Bertz CT molecular complexity index is 621. The van der Waals surface area contributed by atoms with Gasteiger partial charge in [-0.05, 0) is 32.6 Å². The Morgan fingerprint density at radius 3 is 2.65 bits per heavy atom. The highest BCUT2D eigenvalue weighted by Crippen LogP contribution is 2.40. The van der Waals surface area contributed by atoms with Gasteiger partial charge in [-0.2, -0.15) is 5.10 Å². The van der Waals surface area contributed by atoms with E-state index in [2.05, 4.69) is 16.6 Å². The lowest BCUT2D eigenvalue weighted by molar-refractivity contribution is 0.419. The van der Waals surface area contributed by atoms with Crippen LogP contribution in [0.15, 0.2) is 0 Å². The van der Waals surface area contributed by atoms with Crippen molar-refractivity contribution in [2.24, 2.45) is 13.0 Å². The van der Waals surface area contributed by atoms with Crippen LogP contribution < -0.4 is 0 Å². The summed E-state index contributed by atoms with van der Waals surface area (Å²) in [5.41, 5.74) is 3.11. The normalized spacial score (nSPS) is 18.6. The van der Waals surface area contributed by atoms with E-state index in [1.165, 1.54) is 19.3 Å². The Morgan fingerprint density at radius 2 is 2.10 bits per heavy atom. The molecule has 110 valence electrons. The highest BCUT2D eigenvalue weighted by atomic mass is 35.5. The van der Waals surface area contributed by atoms with E-state index in [4.69, 9.17) is 16.6 Å². The van der Waals surface area contributed by atoms with Crippen LogP contribution >= 0.6 is 11.6 Å². The summed E-state index contributed by atoms with van der Waals surface area (Å²) >= 11 is 6.38. The van der Waals surface area contributed by atoms with Gasteiger partial charge >= 0.3 is 0 Å². The van der Waals surface area contributed by atoms with Gasteiger partial charge in [0.05, 0.1) is 11.1 Å². The van der Waals surface area contributed by atoms with Crippen molar-refractivity contribution in [3.63, 3.8) is 0 Å². The predicted octanol–water partition coefficient (Wildman–Crippen LogP) is 4.13. The predicted molar refractivity (Wildman–Crippen MR) is 82.2 cm³/mol. The first-order valence-electron chi connectivity index (χ1n) is 7.58. The molecule has 20 heavy (non-hydrogen) atoms. The summed E-state index contributed by atoms with van der Waals surface area (Å²) in [5.74, 6) is 1.88. The third-order valence-electron chi connectivity index (χ3n) is 4.36. The smallest absolute Gasteiger partial charge is 0.158 e. The maximum Gasteiger partial charge on any atom is 0.158 e. The molecule has 1 aliphatic rings. The second-order valence-corrected chi connectivity index (χ2v) is 6.73. The molecule has 2 atom stereocenters. The minimum atomic E-state index is -0.0740. The molecule has 0 saturated heterocycles. The van der Waals surface area contributed by atoms with Crippen molar-refractivity contribution in [1.82, 2.24) is 19.3 Å². The number of hydrogen-bond acceptors (Lipinski definition) is 2. The molecule has 2 unspecified atom stereocenters.